The Morgan fingerprint density at radius 1 is 1.08 bits per heavy atom. The van der Waals surface area contributed by atoms with Crippen LogP contribution in [0.5, 0.6) is 0 Å². The second-order valence-corrected chi connectivity index (χ2v) is 6.96. The summed E-state index contributed by atoms with van der Waals surface area (Å²) < 4.78 is 0. The monoisotopic (exact) mass is 329 g/mol. The van der Waals surface area contributed by atoms with Gasteiger partial charge in [-0.05, 0) is 50.1 Å². The molecule has 1 aliphatic heterocycles. The molecule has 1 aliphatic carbocycles. The van der Waals surface area contributed by atoms with Gasteiger partial charge in [-0.2, -0.15) is 0 Å². The summed E-state index contributed by atoms with van der Waals surface area (Å²) in [6.07, 6.45) is 6.79. The number of hydrogen-bond donors (Lipinski definition) is 2. The lowest BCUT2D eigenvalue weighted by molar-refractivity contribution is -0.119. The first-order valence-electron chi connectivity index (χ1n) is 9.04. The zero-order valence-corrected chi connectivity index (χ0v) is 14.4. The molecule has 0 radical (unpaired) electrons. The summed E-state index contributed by atoms with van der Waals surface area (Å²) in [6.45, 7) is 1.65. The van der Waals surface area contributed by atoms with E-state index in [2.05, 4.69) is 10.6 Å². The van der Waals surface area contributed by atoms with Crippen molar-refractivity contribution < 1.29 is 9.59 Å². The van der Waals surface area contributed by atoms with Crippen molar-refractivity contribution in [3.8, 4) is 0 Å². The number of nitrogens with zero attached hydrogens (tertiary/aromatic N) is 1. The van der Waals surface area contributed by atoms with Crippen LogP contribution in [0, 0.1) is 5.92 Å². The van der Waals surface area contributed by atoms with Crippen LogP contribution in [0.25, 0.3) is 0 Å². The summed E-state index contributed by atoms with van der Waals surface area (Å²) in [6, 6.07) is 7.62. The predicted octanol–water partition coefficient (Wildman–Crippen LogP) is 2.64. The zero-order chi connectivity index (χ0) is 16.9. The fourth-order valence-electron chi connectivity index (χ4n) is 3.66. The first-order chi connectivity index (χ1) is 11.6. The molecule has 2 aliphatic rings. The first kappa shape index (κ1) is 17.0. The van der Waals surface area contributed by atoms with Crippen LogP contribution in [0.2, 0.25) is 0 Å². The number of amides is 2. The number of hydrogen-bond acceptors (Lipinski definition) is 3. The van der Waals surface area contributed by atoms with E-state index in [1.54, 1.807) is 0 Å². The van der Waals surface area contributed by atoms with Crippen molar-refractivity contribution in [1.29, 1.82) is 0 Å². The van der Waals surface area contributed by atoms with Crippen LogP contribution >= 0.6 is 0 Å². The van der Waals surface area contributed by atoms with Crippen molar-refractivity contribution >= 4 is 17.5 Å². The van der Waals surface area contributed by atoms with Crippen molar-refractivity contribution in [2.24, 2.45) is 5.92 Å². The molecule has 1 unspecified atom stereocenters. The van der Waals surface area contributed by atoms with E-state index in [0.29, 0.717) is 11.6 Å². The molecule has 1 saturated carbocycles. The summed E-state index contributed by atoms with van der Waals surface area (Å²) >= 11 is 0. The second kappa shape index (κ2) is 7.79. The smallest absolute Gasteiger partial charge is 0.253 e. The Morgan fingerprint density at radius 2 is 1.79 bits per heavy atom. The van der Waals surface area contributed by atoms with Gasteiger partial charge in [0, 0.05) is 30.9 Å². The maximum Gasteiger partial charge on any atom is 0.253 e. The van der Waals surface area contributed by atoms with E-state index in [9.17, 15) is 9.59 Å². The molecule has 24 heavy (non-hydrogen) atoms. The summed E-state index contributed by atoms with van der Waals surface area (Å²) in [7, 11) is 1.90. The van der Waals surface area contributed by atoms with Crippen LogP contribution in [0.4, 0.5) is 5.69 Å². The minimum Gasteiger partial charge on any atom is -0.339 e. The van der Waals surface area contributed by atoms with Gasteiger partial charge in [0.2, 0.25) is 5.91 Å². The molecule has 1 aromatic carbocycles. The van der Waals surface area contributed by atoms with E-state index in [-0.39, 0.29) is 17.7 Å². The first-order valence-corrected chi connectivity index (χ1v) is 9.04. The van der Waals surface area contributed by atoms with Crippen LogP contribution in [0.1, 0.15) is 48.9 Å². The number of carbonyl (C=O) groups excluding carboxylic acids is 2. The van der Waals surface area contributed by atoms with Gasteiger partial charge < -0.3 is 15.5 Å². The predicted molar refractivity (Wildman–Crippen MR) is 95.0 cm³/mol. The van der Waals surface area contributed by atoms with Gasteiger partial charge in [0.05, 0.1) is 5.92 Å². The molecular weight excluding hydrogens is 302 g/mol. The molecular formula is C19H27N3O2. The van der Waals surface area contributed by atoms with Crippen LogP contribution in [0.3, 0.4) is 0 Å². The van der Waals surface area contributed by atoms with E-state index >= 15 is 0 Å². The normalized spacial score (nSPS) is 21.5. The van der Waals surface area contributed by atoms with Gasteiger partial charge in [-0.25, -0.2) is 0 Å². The van der Waals surface area contributed by atoms with Gasteiger partial charge in [0.25, 0.3) is 5.91 Å². The van der Waals surface area contributed by atoms with Gasteiger partial charge in [-0.15, -0.1) is 0 Å². The third kappa shape index (κ3) is 3.96. The summed E-state index contributed by atoms with van der Waals surface area (Å²) in [4.78, 5) is 26.6. The molecule has 3 rings (SSSR count). The highest BCUT2D eigenvalue weighted by Crippen LogP contribution is 2.23. The van der Waals surface area contributed by atoms with E-state index in [1.165, 1.54) is 19.3 Å². The van der Waals surface area contributed by atoms with Crippen molar-refractivity contribution in [2.45, 2.75) is 44.6 Å². The number of nitrogens with one attached hydrogen (secondary N) is 2. The molecule has 2 amide bonds. The van der Waals surface area contributed by atoms with Gasteiger partial charge in [-0.1, -0.05) is 19.3 Å². The van der Waals surface area contributed by atoms with Crippen LogP contribution in [-0.4, -0.2) is 42.9 Å². The largest absolute Gasteiger partial charge is 0.339 e. The van der Waals surface area contributed by atoms with Crippen molar-refractivity contribution in [3.05, 3.63) is 29.8 Å². The lowest BCUT2D eigenvalue weighted by atomic mass is 9.94. The lowest BCUT2D eigenvalue weighted by Gasteiger charge is -2.31. The molecule has 0 spiro atoms. The van der Waals surface area contributed by atoms with E-state index < -0.39 is 0 Å². The quantitative estimate of drug-likeness (QED) is 0.893. The van der Waals surface area contributed by atoms with Crippen molar-refractivity contribution in [3.63, 3.8) is 0 Å². The number of carbonyl (C=O) groups is 2. The summed E-state index contributed by atoms with van der Waals surface area (Å²) in [5.41, 5.74) is 1.44. The van der Waals surface area contributed by atoms with E-state index in [0.717, 1.165) is 38.0 Å². The molecule has 2 fully saturated rings. The Bertz CT molecular complexity index is 573. The fraction of sp³-hybridized carbons (Fsp3) is 0.579. The average molecular weight is 329 g/mol. The van der Waals surface area contributed by atoms with Crippen molar-refractivity contribution in [1.82, 2.24) is 10.2 Å². The molecule has 0 bridgehead atoms. The number of anilines is 1. The minimum atomic E-state index is 0.0451. The lowest BCUT2D eigenvalue weighted by Crippen LogP contribution is -2.38. The molecule has 2 N–H and O–H groups in total. The summed E-state index contributed by atoms with van der Waals surface area (Å²) in [5, 5.41) is 6.13. The molecule has 1 saturated heterocycles. The average Bonchev–Trinajstić information content (AvgIpc) is 3.17. The minimum absolute atomic E-state index is 0.0451. The Balaban J connectivity index is 1.58. The standard InChI is InChI=1S/C19H27N3O2/c1-22(17-5-3-2-4-6-17)19(24)14-7-9-16(10-8-14)21-18(23)15-11-12-20-13-15/h7-10,15,17,20H,2-6,11-13H2,1H3,(H,21,23). The third-order valence-corrected chi connectivity index (χ3v) is 5.27. The fourth-order valence-corrected chi connectivity index (χ4v) is 3.66. The Labute approximate surface area is 143 Å². The molecule has 5 heteroatoms. The van der Waals surface area contributed by atoms with Crippen LogP contribution in [-0.2, 0) is 4.79 Å². The SMILES string of the molecule is CN(C(=O)c1ccc(NC(=O)C2CCNC2)cc1)C1CCCCC1. The Morgan fingerprint density at radius 3 is 2.42 bits per heavy atom. The molecule has 1 aromatic rings. The van der Waals surface area contributed by atoms with Gasteiger partial charge in [0.1, 0.15) is 0 Å². The Hall–Kier alpha value is -1.88. The van der Waals surface area contributed by atoms with Gasteiger partial charge >= 0.3 is 0 Å². The molecule has 5 nitrogen and oxygen atoms in total. The number of benzene rings is 1. The molecule has 1 atom stereocenters. The molecule has 1 heterocycles. The molecule has 130 valence electrons. The van der Waals surface area contributed by atoms with Crippen molar-refractivity contribution in [2.75, 3.05) is 25.5 Å². The highest BCUT2D eigenvalue weighted by Gasteiger charge is 2.24. The van der Waals surface area contributed by atoms with Crippen LogP contribution < -0.4 is 10.6 Å². The highest BCUT2D eigenvalue weighted by atomic mass is 16.2. The molecule has 0 aromatic heterocycles. The van der Waals surface area contributed by atoms with E-state index in [1.807, 2.05) is 36.2 Å². The van der Waals surface area contributed by atoms with Crippen LogP contribution in [0.15, 0.2) is 24.3 Å². The zero-order valence-electron chi connectivity index (χ0n) is 14.4. The Kier molecular flexibility index (Phi) is 5.51. The maximum atomic E-state index is 12.6. The summed E-state index contributed by atoms with van der Waals surface area (Å²) in [5.74, 6) is 0.168. The topological polar surface area (TPSA) is 61.4 Å². The highest BCUT2D eigenvalue weighted by molar-refractivity contribution is 5.96. The number of rotatable bonds is 4. The maximum absolute atomic E-state index is 12.6. The third-order valence-electron chi connectivity index (χ3n) is 5.27. The van der Waals surface area contributed by atoms with E-state index in [4.69, 9.17) is 0 Å². The van der Waals surface area contributed by atoms with Gasteiger partial charge in [0.15, 0.2) is 0 Å². The second-order valence-electron chi connectivity index (χ2n) is 6.96. The van der Waals surface area contributed by atoms with Gasteiger partial charge in [-0.3, -0.25) is 9.59 Å².